The Hall–Kier alpha value is -1.09. The topological polar surface area (TPSA) is 12.5 Å². The molecule has 3 heteroatoms. The molecule has 0 unspecified atom stereocenters. The van der Waals surface area contributed by atoms with E-state index in [0.717, 1.165) is 12.3 Å². The highest BCUT2D eigenvalue weighted by molar-refractivity contribution is 5.27. The van der Waals surface area contributed by atoms with E-state index in [1.165, 1.54) is 5.56 Å². The highest BCUT2D eigenvalue weighted by Crippen LogP contribution is 2.26. The lowest BCUT2D eigenvalue weighted by Gasteiger charge is -2.42. The van der Waals surface area contributed by atoms with Gasteiger partial charge in [0.05, 0.1) is 7.11 Å². The summed E-state index contributed by atoms with van der Waals surface area (Å²) in [7, 11) is 1.65. The summed E-state index contributed by atoms with van der Waals surface area (Å²) in [4.78, 5) is 2.10. The quantitative estimate of drug-likeness (QED) is 0.757. The first-order valence-corrected chi connectivity index (χ1v) is 5.13. The fourth-order valence-electron chi connectivity index (χ4n) is 1.99. The molecule has 2 rings (SSSR count). The summed E-state index contributed by atoms with van der Waals surface area (Å²) < 4.78 is 18.3. The summed E-state index contributed by atoms with van der Waals surface area (Å²) in [6, 6.07) is 7.91. The van der Waals surface area contributed by atoms with E-state index in [1.54, 1.807) is 14.0 Å². The zero-order valence-electron chi connectivity index (χ0n) is 9.16. The highest BCUT2D eigenvalue weighted by atomic mass is 19.1. The number of alkyl halides is 1. The van der Waals surface area contributed by atoms with Gasteiger partial charge in [0.2, 0.25) is 0 Å². The fraction of sp³-hybridized carbons (Fsp3) is 0.500. The molecule has 1 aromatic carbocycles. The van der Waals surface area contributed by atoms with Gasteiger partial charge in [-0.05, 0) is 24.6 Å². The van der Waals surface area contributed by atoms with Crippen molar-refractivity contribution in [2.45, 2.75) is 19.1 Å². The van der Waals surface area contributed by atoms with Crippen LogP contribution in [0.3, 0.4) is 0 Å². The van der Waals surface area contributed by atoms with Crippen molar-refractivity contribution in [3.8, 4) is 5.75 Å². The summed E-state index contributed by atoms with van der Waals surface area (Å²) in [5.74, 6) is 0.859. The normalized spacial score (nSPS) is 19.7. The Morgan fingerprint density at radius 2 is 1.93 bits per heavy atom. The van der Waals surface area contributed by atoms with Crippen LogP contribution >= 0.6 is 0 Å². The summed E-state index contributed by atoms with van der Waals surface area (Å²) in [5.41, 5.74) is 0.221. The third-order valence-electron chi connectivity index (χ3n) is 2.67. The second kappa shape index (κ2) is 3.81. The average Bonchev–Trinajstić information content (AvgIpc) is 2.16. The van der Waals surface area contributed by atoms with Crippen LogP contribution in [0.1, 0.15) is 12.5 Å². The number of likely N-dealkylation sites (tertiary alicyclic amines) is 1. The lowest BCUT2D eigenvalue weighted by molar-refractivity contribution is -0.0225. The van der Waals surface area contributed by atoms with Crippen LogP contribution in [0, 0.1) is 0 Å². The van der Waals surface area contributed by atoms with Gasteiger partial charge in [0.25, 0.3) is 0 Å². The maximum absolute atomic E-state index is 13.2. The van der Waals surface area contributed by atoms with Gasteiger partial charge in [0.15, 0.2) is 0 Å². The number of methoxy groups -OCH3 is 1. The minimum Gasteiger partial charge on any atom is -0.497 e. The number of nitrogens with zero attached hydrogens (tertiary/aromatic N) is 1. The molecule has 1 heterocycles. The van der Waals surface area contributed by atoms with Crippen molar-refractivity contribution in [3.05, 3.63) is 29.8 Å². The number of halogens is 1. The fourth-order valence-corrected chi connectivity index (χ4v) is 1.99. The lowest BCUT2D eigenvalue weighted by Crippen LogP contribution is -2.56. The van der Waals surface area contributed by atoms with Crippen molar-refractivity contribution in [2.24, 2.45) is 0 Å². The molecule has 1 saturated heterocycles. The van der Waals surface area contributed by atoms with Gasteiger partial charge in [-0.2, -0.15) is 0 Å². The molecule has 1 aliphatic heterocycles. The molecule has 0 bridgehead atoms. The van der Waals surface area contributed by atoms with Gasteiger partial charge in [0, 0.05) is 19.6 Å². The maximum atomic E-state index is 13.2. The summed E-state index contributed by atoms with van der Waals surface area (Å²) in [6.45, 7) is 3.55. The molecule has 1 fully saturated rings. The molecule has 1 aliphatic rings. The van der Waals surface area contributed by atoms with Gasteiger partial charge >= 0.3 is 0 Å². The number of ether oxygens (including phenoxy) is 1. The molecule has 82 valence electrons. The molecular weight excluding hydrogens is 193 g/mol. The predicted molar refractivity (Wildman–Crippen MR) is 57.8 cm³/mol. The van der Waals surface area contributed by atoms with E-state index in [1.807, 2.05) is 24.3 Å². The standard InChI is InChI=1S/C12H16FNO/c1-12(13)8-14(9-12)7-10-3-5-11(15-2)6-4-10/h3-6H,7-9H2,1-2H3. The molecule has 0 radical (unpaired) electrons. The summed E-state index contributed by atoms with van der Waals surface area (Å²) in [5, 5.41) is 0. The van der Waals surface area contributed by atoms with Crippen molar-refractivity contribution in [3.63, 3.8) is 0 Å². The summed E-state index contributed by atoms with van der Waals surface area (Å²) >= 11 is 0. The second-order valence-electron chi connectivity index (χ2n) is 4.41. The summed E-state index contributed by atoms with van der Waals surface area (Å²) in [6.07, 6.45) is 0. The van der Waals surface area contributed by atoms with Crippen molar-refractivity contribution >= 4 is 0 Å². The molecule has 0 aromatic heterocycles. The molecule has 0 N–H and O–H groups in total. The smallest absolute Gasteiger partial charge is 0.133 e. The second-order valence-corrected chi connectivity index (χ2v) is 4.41. The Labute approximate surface area is 89.7 Å². The molecular formula is C12H16FNO. The van der Waals surface area contributed by atoms with Crippen LogP contribution < -0.4 is 4.74 Å². The van der Waals surface area contributed by atoms with E-state index in [0.29, 0.717) is 13.1 Å². The number of hydrogen-bond acceptors (Lipinski definition) is 2. The van der Waals surface area contributed by atoms with E-state index >= 15 is 0 Å². The predicted octanol–water partition coefficient (Wildman–Crippen LogP) is 2.24. The first-order valence-electron chi connectivity index (χ1n) is 5.13. The lowest BCUT2D eigenvalue weighted by atomic mass is 9.98. The van der Waals surface area contributed by atoms with Crippen LogP contribution in [-0.2, 0) is 6.54 Å². The minimum atomic E-state index is -0.980. The van der Waals surface area contributed by atoms with E-state index in [2.05, 4.69) is 4.90 Å². The first kappa shape index (κ1) is 10.4. The highest BCUT2D eigenvalue weighted by Gasteiger charge is 2.38. The monoisotopic (exact) mass is 209 g/mol. The number of rotatable bonds is 3. The van der Waals surface area contributed by atoms with Crippen LogP contribution in [-0.4, -0.2) is 30.8 Å². The van der Waals surface area contributed by atoms with Gasteiger partial charge in [-0.3, -0.25) is 4.90 Å². The zero-order valence-corrected chi connectivity index (χ0v) is 9.16. The maximum Gasteiger partial charge on any atom is 0.133 e. The van der Waals surface area contributed by atoms with Gasteiger partial charge in [-0.25, -0.2) is 4.39 Å². The molecule has 0 atom stereocenters. The third kappa shape index (κ3) is 2.48. The Morgan fingerprint density at radius 3 is 2.40 bits per heavy atom. The largest absolute Gasteiger partial charge is 0.497 e. The molecule has 15 heavy (non-hydrogen) atoms. The Bertz CT molecular complexity index is 326. The number of hydrogen-bond donors (Lipinski definition) is 0. The van der Waals surface area contributed by atoms with E-state index in [-0.39, 0.29) is 0 Å². The third-order valence-corrected chi connectivity index (χ3v) is 2.67. The molecule has 0 saturated carbocycles. The van der Waals surface area contributed by atoms with Crippen LogP contribution in [0.2, 0.25) is 0 Å². The zero-order chi connectivity index (χ0) is 10.9. The van der Waals surface area contributed by atoms with Gasteiger partial charge in [0.1, 0.15) is 11.4 Å². The Kier molecular flexibility index (Phi) is 2.65. The van der Waals surface area contributed by atoms with Crippen LogP contribution in [0.15, 0.2) is 24.3 Å². The molecule has 1 aromatic rings. The van der Waals surface area contributed by atoms with E-state index in [9.17, 15) is 4.39 Å². The van der Waals surface area contributed by atoms with Gasteiger partial charge < -0.3 is 4.74 Å². The van der Waals surface area contributed by atoms with Crippen LogP contribution in [0.25, 0.3) is 0 Å². The van der Waals surface area contributed by atoms with Gasteiger partial charge in [-0.1, -0.05) is 12.1 Å². The van der Waals surface area contributed by atoms with Crippen molar-refractivity contribution in [2.75, 3.05) is 20.2 Å². The van der Waals surface area contributed by atoms with Crippen molar-refractivity contribution in [1.82, 2.24) is 4.90 Å². The Balaban J connectivity index is 1.89. The molecule has 2 nitrogen and oxygen atoms in total. The SMILES string of the molecule is COc1ccc(CN2CC(C)(F)C2)cc1. The molecule has 0 spiro atoms. The van der Waals surface area contributed by atoms with Gasteiger partial charge in [-0.15, -0.1) is 0 Å². The molecule has 0 amide bonds. The Morgan fingerprint density at radius 1 is 1.33 bits per heavy atom. The van der Waals surface area contributed by atoms with E-state index < -0.39 is 5.67 Å². The number of benzene rings is 1. The van der Waals surface area contributed by atoms with E-state index in [4.69, 9.17) is 4.74 Å². The van der Waals surface area contributed by atoms with Crippen molar-refractivity contribution in [1.29, 1.82) is 0 Å². The first-order chi connectivity index (χ1) is 7.09. The molecule has 0 aliphatic carbocycles. The average molecular weight is 209 g/mol. The minimum absolute atomic E-state index is 0.541. The van der Waals surface area contributed by atoms with Crippen LogP contribution in [0.4, 0.5) is 4.39 Å². The van der Waals surface area contributed by atoms with Crippen molar-refractivity contribution < 1.29 is 9.13 Å². The van der Waals surface area contributed by atoms with Crippen LogP contribution in [0.5, 0.6) is 5.75 Å².